The van der Waals surface area contributed by atoms with Gasteiger partial charge in [0.1, 0.15) is 12.3 Å². The van der Waals surface area contributed by atoms with Crippen LogP contribution in [0.5, 0.6) is 5.75 Å². The van der Waals surface area contributed by atoms with Crippen molar-refractivity contribution in [2.75, 3.05) is 20.7 Å². The molecule has 7 heteroatoms. The minimum atomic E-state index is -0.344. The first-order chi connectivity index (χ1) is 15.1. The summed E-state index contributed by atoms with van der Waals surface area (Å²) < 4.78 is 5.34. The molecule has 0 fully saturated rings. The molecule has 1 unspecified atom stereocenters. The van der Waals surface area contributed by atoms with E-state index in [0.717, 1.165) is 22.6 Å². The summed E-state index contributed by atoms with van der Waals surface area (Å²) >= 11 is 6.47. The zero-order valence-electron chi connectivity index (χ0n) is 19.3. The molecule has 170 valence electrons. The maximum atomic E-state index is 13.3. The molecule has 0 spiro atoms. The lowest BCUT2D eigenvalue weighted by atomic mass is 9.92. The Bertz CT molecular complexity index is 1030. The van der Waals surface area contributed by atoms with E-state index in [0.29, 0.717) is 17.9 Å². The summed E-state index contributed by atoms with van der Waals surface area (Å²) in [6.07, 6.45) is 0.880. The number of hydrazone groups is 1. The van der Waals surface area contributed by atoms with Gasteiger partial charge in [-0.2, -0.15) is 5.10 Å². The van der Waals surface area contributed by atoms with E-state index in [1.165, 1.54) is 9.91 Å². The average molecular weight is 456 g/mol. The lowest BCUT2D eigenvalue weighted by molar-refractivity contribution is -0.141. The Labute approximate surface area is 194 Å². The Balaban J connectivity index is 1.89. The smallest absolute Gasteiger partial charge is 0.262 e. The second-order valence-corrected chi connectivity index (χ2v) is 9.65. The van der Waals surface area contributed by atoms with Crippen LogP contribution in [0.25, 0.3) is 0 Å². The van der Waals surface area contributed by atoms with Gasteiger partial charge < -0.3 is 9.64 Å². The van der Waals surface area contributed by atoms with Crippen molar-refractivity contribution in [2.45, 2.75) is 39.7 Å². The Morgan fingerprint density at radius 3 is 2.56 bits per heavy atom. The van der Waals surface area contributed by atoms with Gasteiger partial charge in [-0.25, -0.2) is 5.01 Å². The topological polar surface area (TPSA) is 62.2 Å². The van der Waals surface area contributed by atoms with Crippen LogP contribution in [0, 0.1) is 5.41 Å². The van der Waals surface area contributed by atoms with E-state index in [-0.39, 0.29) is 29.8 Å². The minimum Gasteiger partial charge on any atom is -0.497 e. The van der Waals surface area contributed by atoms with Gasteiger partial charge in [0.2, 0.25) is 5.91 Å². The molecule has 1 atom stereocenters. The standard InChI is InChI=1S/C25H30ClN3O3/c1-25(2,3)15-23(30)28(4)16-24(31)29-22(19-11-6-7-12-20(19)26)14-21(27-29)17-9-8-10-18(13-17)32-5/h6-13,22H,14-16H2,1-5H3. The van der Waals surface area contributed by atoms with Crippen LogP contribution < -0.4 is 4.74 Å². The molecule has 3 rings (SSSR count). The van der Waals surface area contributed by atoms with Crippen molar-refractivity contribution < 1.29 is 14.3 Å². The van der Waals surface area contributed by atoms with Crippen molar-refractivity contribution in [1.82, 2.24) is 9.91 Å². The first-order valence-electron chi connectivity index (χ1n) is 10.6. The summed E-state index contributed by atoms with van der Waals surface area (Å²) in [5.74, 6) is 0.394. The van der Waals surface area contributed by atoms with Gasteiger partial charge in [0.25, 0.3) is 5.91 Å². The fourth-order valence-corrected chi connectivity index (χ4v) is 3.92. The number of ether oxygens (including phenoxy) is 1. The second kappa shape index (κ2) is 9.74. The normalized spacial score (nSPS) is 16.0. The molecular weight excluding hydrogens is 426 g/mol. The van der Waals surface area contributed by atoms with Gasteiger partial charge in [-0.3, -0.25) is 9.59 Å². The molecule has 0 aromatic heterocycles. The number of hydrogen-bond acceptors (Lipinski definition) is 4. The summed E-state index contributed by atoms with van der Waals surface area (Å²) in [6, 6.07) is 14.7. The van der Waals surface area contributed by atoms with E-state index in [2.05, 4.69) is 5.10 Å². The van der Waals surface area contributed by atoms with Crippen LogP contribution in [0.4, 0.5) is 0 Å². The van der Waals surface area contributed by atoms with Crippen molar-refractivity contribution in [2.24, 2.45) is 10.5 Å². The summed E-state index contributed by atoms with van der Waals surface area (Å²) in [5.41, 5.74) is 2.33. The van der Waals surface area contributed by atoms with Crippen molar-refractivity contribution in [3.05, 3.63) is 64.7 Å². The highest BCUT2D eigenvalue weighted by Crippen LogP contribution is 2.36. The molecule has 1 aliphatic rings. The molecule has 0 bridgehead atoms. The number of halogens is 1. The summed E-state index contributed by atoms with van der Waals surface area (Å²) in [7, 11) is 3.27. The molecule has 1 aliphatic heterocycles. The molecule has 6 nitrogen and oxygen atoms in total. The monoisotopic (exact) mass is 455 g/mol. The van der Waals surface area contributed by atoms with E-state index < -0.39 is 0 Å². The number of carbonyl (C=O) groups excluding carboxylic acids is 2. The predicted octanol–water partition coefficient (Wildman–Crippen LogP) is 4.92. The first kappa shape index (κ1) is 23.8. The largest absolute Gasteiger partial charge is 0.497 e. The van der Waals surface area contributed by atoms with Crippen LogP contribution in [0.3, 0.4) is 0 Å². The van der Waals surface area contributed by atoms with Crippen molar-refractivity contribution in [3.63, 3.8) is 0 Å². The number of benzene rings is 2. The van der Waals surface area contributed by atoms with Crippen molar-refractivity contribution in [1.29, 1.82) is 0 Å². The Morgan fingerprint density at radius 1 is 1.19 bits per heavy atom. The third kappa shape index (κ3) is 5.68. The third-order valence-electron chi connectivity index (χ3n) is 5.31. The fraction of sp³-hybridized carbons (Fsp3) is 0.400. The quantitative estimate of drug-likeness (QED) is 0.621. The minimum absolute atomic E-state index is 0.0508. The van der Waals surface area contributed by atoms with E-state index in [1.54, 1.807) is 14.2 Å². The SMILES string of the molecule is COc1cccc(C2=NN(C(=O)CN(C)C(=O)CC(C)(C)C)C(c3ccccc3Cl)C2)c1. The number of likely N-dealkylation sites (N-methyl/N-ethyl adjacent to an activating group) is 1. The molecule has 2 aromatic rings. The molecule has 0 saturated carbocycles. The van der Waals surface area contributed by atoms with Crippen LogP contribution in [0.1, 0.15) is 50.8 Å². The molecule has 0 saturated heterocycles. The highest BCUT2D eigenvalue weighted by Gasteiger charge is 2.35. The molecule has 2 amide bonds. The van der Waals surface area contributed by atoms with Gasteiger partial charge in [0.05, 0.1) is 18.9 Å². The average Bonchev–Trinajstić information content (AvgIpc) is 3.18. The highest BCUT2D eigenvalue weighted by molar-refractivity contribution is 6.31. The number of hydrogen-bond donors (Lipinski definition) is 0. The van der Waals surface area contributed by atoms with Gasteiger partial charge in [0.15, 0.2) is 0 Å². The Kier molecular flexibility index (Phi) is 7.24. The number of carbonyl (C=O) groups is 2. The van der Waals surface area contributed by atoms with Gasteiger partial charge in [-0.15, -0.1) is 0 Å². The zero-order chi connectivity index (χ0) is 23.5. The van der Waals surface area contributed by atoms with E-state index in [1.807, 2.05) is 69.3 Å². The van der Waals surface area contributed by atoms with Crippen LogP contribution in [0.15, 0.2) is 53.6 Å². The zero-order valence-corrected chi connectivity index (χ0v) is 20.0. The van der Waals surface area contributed by atoms with Crippen molar-refractivity contribution in [3.8, 4) is 5.75 Å². The Hall–Kier alpha value is -2.86. The Morgan fingerprint density at radius 2 is 1.91 bits per heavy atom. The lowest BCUT2D eigenvalue weighted by Crippen LogP contribution is -2.40. The number of nitrogens with zero attached hydrogens (tertiary/aromatic N) is 3. The second-order valence-electron chi connectivity index (χ2n) is 9.25. The lowest BCUT2D eigenvalue weighted by Gasteiger charge is -2.27. The maximum absolute atomic E-state index is 13.3. The van der Waals surface area contributed by atoms with Gasteiger partial charge >= 0.3 is 0 Å². The van der Waals surface area contributed by atoms with Gasteiger partial charge in [-0.1, -0.05) is 62.7 Å². The number of rotatable bonds is 6. The first-order valence-corrected chi connectivity index (χ1v) is 11.0. The van der Waals surface area contributed by atoms with Gasteiger partial charge in [-0.05, 0) is 29.2 Å². The van der Waals surface area contributed by atoms with Crippen LogP contribution in [-0.4, -0.2) is 48.1 Å². The van der Waals surface area contributed by atoms with Gasteiger partial charge in [0, 0.05) is 30.5 Å². The van der Waals surface area contributed by atoms with Crippen LogP contribution >= 0.6 is 11.6 Å². The molecule has 0 aliphatic carbocycles. The molecule has 32 heavy (non-hydrogen) atoms. The third-order valence-corrected chi connectivity index (χ3v) is 5.66. The van der Waals surface area contributed by atoms with E-state index in [9.17, 15) is 9.59 Å². The van der Waals surface area contributed by atoms with E-state index in [4.69, 9.17) is 16.3 Å². The predicted molar refractivity (Wildman–Crippen MR) is 127 cm³/mol. The van der Waals surface area contributed by atoms with Crippen molar-refractivity contribution >= 4 is 29.1 Å². The summed E-state index contributed by atoms with van der Waals surface area (Å²) in [5, 5.41) is 6.72. The number of amides is 2. The molecular formula is C25H30ClN3O3. The molecule has 2 aromatic carbocycles. The molecule has 0 radical (unpaired) electrons. The van der Waals surface area contributed by atoms with Crippen LogP contribution in [-0.2, 0) is 9.59 Å². The highest BCUT2D eigenvalue weighted by atomic mass is 35.5. The fourth-order valence-electron chi connectivity index (χ4n) is 3.66. The molecule has 0 N–H and O–H groups in total. The summed E-state index contributed by atoms with van der Waals surface area (Å²) in [4.78, 5) is 27.3. The molecule has 1 heterocycles. The number of methoxy groups -OCH3 is 1. The van der Waals surface area contributed by atoms with Crippen LogP contribution in [0.2, 0.25) is 5.02 Å². The summed E-state index contributed by atoms with van der Waals surface area (Å²) in [6.45, 7) is 5.95. The van der Waals surface area contributed by atoms with E-state index >= 15 is 0 Å². The maximum Gasteiger partial charge on any atom is 0.262 e.